The number of hydrogen-bond donors (Lipinski definition) is 2. The first-order valence-electron chi connectivity index (χ1n) is 6.45. The van der Waals surface area contributed by atoms with Crippen molar-refractivity contribution in [2.24, 2.45) is 0 Å². The van der Waals surface area contributed by atoms with Crippen molar-refractivity contribution in [3.05, 3.63) is 58.6 Å². The van der Waals surface area contributed by atoms with E-state index in [1.54, 1.807) is 37.4 Å². The number of nitrogens with one attached hydrogen (secondary N) is 2. The van der Waals surface area contributed by atoms with E-state index in [4.69, 9.17) is 11.6 Å². The normalized spacial score (nSPS) is 11.4. The van der Waals surface area contributed by atoms with E-state index >= 15 is 0 Å². The Kier molecular flexibility index (Phi) is 4.88. The van der Waals surface area contributed by atoms with Gasteiger partial charge in [0.05, 0.1) is 5.02 Å². The summed E-state index contributed by atoms with van der Waals surface area (Å²) in [5.74, 6) is 0. The van der Waals surface area contributed by atoms with Crippen molar-refractivity contribution in [2.75, 3.05) is 11.8 Å². The monoisotopic (exact) mass is 324 g/mol. The van der Waals surface area contributed by atoms with Crippen molar-refractivity contribution in [1.29, 1.82) is 0 Å². The lowest BCUT2D eigenvalue weighted by atomic mass is 10.2. The molecule has 0 saturated heterocycles. The van der Waals surface area contributed by atoms with Crippen LogP contribution in [0.2, 0.25) is 5.02 Å². The number of benzene rings is 2. The van der Waals surface area contributed by atoms with Crippen molar-refractivity contribution in [3.63, 3.8) is 0 Å². The molecule has 0 aliphatic rings. The van der Waals surface area contributed by atoms with Crippen LogP contribution in [0, 0.1) is 6.92 Å². The third-order valence-electron chi connectivity index (χ3n) is 2.97. The van der Waals surface area contributed by atoms with Gasteiger partial charge in [-0.15, -0.1) is 0 Å². The van der Waals surface area contributed by atoms with Gasteiger partial charge in [-0.25, -0.2) is 8.42 Å². The number of rotatable bonds is 5. The maximum atomic E-state index is 12.4. The Balaban J connectivity index is 2.34. The molecule has 0 heterocycles. The van der Waals surface area contributed by atoms with E-state index in [-0.39, 0.29) is 9.92 Å². The third-order valence-corrected chi connectivity index (χ3v) is 4.83. The quantitative estimate of drug-likeness (QED) is 0.888. The highest BCUT2D eigenvalue weighted by Crippen LogP contribution is 2.25. The second-order valence-electron chi connectivity index (χ2n) is 4.77. The summed E-state index contributed by atoms with van der Waals surface area (Å²) in [5, 5.41) is 3.18. The molecule has 0 amide bonds. The van der Waals surface area contributed by atoms with Crippen LogP contribution in [0.25, 0.3) is 0 Å². The highest BCUT2D eigenvalue weighted by Gasteiger charge is 2.18. The first kappa shape index (κ1) is 15.8. The molecule has 2 aromatic rings. The molecule has 0 aromatic heterocycles. The Morgan fingerprint density at radius 1 is 1.10 bits per heavy atom. The van der Waals surface area contributed by atoms with Gasteiger partial charge in [0.2, 0.25) is 0 Å². The molecule has 0 spiro atoms. The molecule has 0 unspecified atom stereocenters. The lowest BCUT2D eigenvalue weighted by Gasteiger charge is -2.11. The van der Waals surface area contributed by atoms with Crippen molar-refractivity contribution in [1.82, 2.24) is 5.32 Å². The average molecular weight is 325 g/mol. The second-order valence-corrected chi connectivity index (χ2v) is 6.82. The van der Waals surface area contributed by atoms with Gasteiger partial charge in [-0.05, 0) is 43.8 Å². The Morgan fingerprint density at radius 3 is 2.38 bits per heavy atom. The standard InChI is InChI=1S/C15H17ClN2O2S/c1-11-3-6-13(7-4-11)18-21(19,20)15-9-12(10-17-2)5-8-14(15)16/h3-9,17-18H,10H2,1-2H3. The minimum atomic E-state index is -3.71. The van der Waals surface area contributed by atoms with Gasteiger partial charge in [-0.3, -0.25) is 4.72 Å². The molecule has 2 aromatic carbocycles. The van der Waals surface area contributed by atoms with E-state index < -0.39 is 10.0 Å². The van der Waals surface area contributed by atoms with Gasteiger partial charge in [-0.1, -0.05) is 35.4 Å². The van der Waals surface area contributed by atoms with Crippen LogP contribution in [0.4, 0.5) is 5.69 Å². The summed E-state index contributed by atoms with van der Waals surface area (Å²) in [6.07, 6.45) is 0. The van der Waals surface area contributed by atoms with Crippen LogP contribution in [0.3, 0.4) is 0 Å². The highest BCUT2D eigenvalue weighted by molar-refractivity contribution is 7.92. The van der Waals surface area contributed by atoms with Crippen LogP contribution in [0.15, 0.2) is 47.4 Å². The smallest absolute Gasteiger partial charge is 0.263 e. The minimum Gasteiger partial charge on any atom is -0.316 e. The van der Waals surface area contributed by atoms with Crippen molar-refractivity contribution < 1.29 is 8.42 Å². The Labute approximate surface area is 130 Å². The van der Waals surface area contributed by atoms with E-state index in [0.717, 1.165) is 11.1 Å². The maximum absolute atomic E-state index is 12.4. The highest BCUT2D eigenvalue weighted by atomic mass is 35.5. The molecule has 0 radical (unpaired) electrons. The van der Waals surface area contributed by atoms with E-state index in [2.05, 4.69) is 10.0 Å². The first-order valence-corrected chi connectivity index (χ1v) is 8.31. The number of hydrogen-bond acceptors (Lipinski definition) is 3. The minimum absolute atomic E-state index is 0.0810. The Bertz CT molecular complexity index is 728. The van der Waals surface area contributed by atoms with E-state index in [0.29, 0.717) is 12.2 Å². The Morgan fingerprint density at radius 2 is 1.76 bits per heavy atom. The largest absolute Gasteiger partial charge is 0.316 e. The Hall–Kier alpha value is -1.56. The number of sulfonamides is 1. The topological polar surface area (TPSA) is 58.2 Å². The zero-order valence-corrected chi connectivity index (χ0v) is 13.4. The molecule has 2 N–H and O–H groups in total. The lowest BCUT2D eigenvalue weighted by Crippen LogP contribution is -2.14. The summed E-state index contributed by atoms with van der Waals surface area (Å²) in [4.78, 5) is 0.0810. The van der Waals surface area contributed by atoms with Crippen LogP contribution in [-0.2, 0) is 16.6 Å². The molecule has 21 heavy (non-hydrogen) atoms. The van der Waals surface area contributed by atoms with Gasteiger partial charge in [0.15, 0.2) is 0 Å². The molecule has 6 heteroatoms. The molecule has 112 valence electrons. The maximum Gasteiger partial charge on any atom is 0.263 e. The SMILES string of the molecule is CNCc1ccc(Cl)c(S(=O)(=O)Nc2ccc(C)cc2)c1. The summed E-state index contributed by atoms with van der Waals surface area (Å²) in [7, 11) is -1.91. The van der Waals surface area contributed by atoms with Crippen LogP contribution < -0.4 is 10.0 Å². The van der Waals surface area contributed by atoms with Crippen molar-refractivity contribution in [2.45, 2.75) is 18.4 Å². The molecule has 4 nitrogen and oxygen atoms in total. The number of halogens is 1. The zero-order valence-electron chi connectivity index (χ0n) is 11.9. The molecule has 0 bridgehead atoms. The van der Waals surface area contributed by atoms with Gasteiger partial charge in [0.1, 0.15) is 4.90 Å². The summed E-state index contributed by atoms with van der Waals surface area (Å²) in [6.45, 7) is 2.51. The fraction of sp³-hybridized carbons (Fsp3) is 0.200. The molecular formula is C15H17ClN2O2S. The molecule has 0 aliphatic carbocycles. The van der Waals surface area contributed by atoms with Crippen LogP contribution in [0.5, 0.6) is 0 Å². The first-order chi connectivity index (χ1) is 9.92. The van der Waals surface area contributed by atoms with Gasteiger partial charge >= 0.3 is 0 Å². The fourth-order valence-electron chi connectivity index (χ4n) is 1.90. The van der Waals surface area contributed by atoms with Crippen LogP contribution in [-0.4, -0.2) is 15.5 Å². The second kappa shape index (κ2) is 6.47. The number of anilines is 1. The third kappa shape index (κ3) is 3.97. The van der Waals surface area contributed by atoms with Crippen LogP contribution in [0.1, 0.15) is 11.1 Å². The molecule has 2 rings (SSSR count). The van der Waals surface area contributed by atoms with Gasteiger partial charge < -0.3 is 5.32 Å². The van der Waals surface area contributed by atoms with E-state index in [9.17, 15) is 8.42 Å². The fourth-order valence-corrected chi connectivity index (χ4v) is 3.51. The number of aryl methyl sites for hydroxylation is 1. The van der Waals surface area contributed by atoms with E-state index in [1.165, 1.54) is 0 Å². The van der Waals surface area contributed by atoms with Crippen LogP contribution >= 0.6 is 11.6 Å². The average Bonchev–Trinajstić information content (AvgIpc) is 2.43. The summed E-state index contributed by atoms with van der Waals surface area (Å²) >= 11 is 6.03. The zero-order chi connectivity index (χ0) is 15.5. The van der Waals surface area contributed by atoms with E-state index in [1.807, 2.05) is 19.1 Å². The van der Waals surface area contributed by atoms with Crippen molar-refractivity contribution >= 4 is 27.3 Å². The predicted molar refractivity (Wildman–Crippen MR) is 86.2 cm³/mol. The molecule has 0 saturated carbocycles. The summed E-state index contributed by atoms with van der Waals surface area (Å²) in [6, 6.07) is 12.1. The molecule has 0 aliphatic heterocycles. The lowest BCUT2D eigenvalue weighted by molar-refractivity contribution is 0.601. The van der Waals surface area contributed by atoms with Gasteiger partial charge in [0.25, 0.3) is 10.0 Å². The molecule has 0 fully saturated rings. The molecule has 0 atom stereocenters. The predicted octanol–water partition coefficient (Wildman–Crippen LogP) is 3.17. The van der Waals surface area contributed by atoms with Gasteiger partial charge in [-0.2, -0.15) is 0 Å². The summed E-state index contributed by atoms with van der Waals surface area (Å²) < 4.78 is 27.4. The van der Waals surface area contributed by atoms with Gasteiger partial charge in [0, 0.05) is 12.2 Å². The molecular weight excluding hydrogens is 308 g/mol. The van der Waals surface area contributed by atoms with Crippen molar-refractivity contribution in [3.8, 4) is 0 Å². The summed E-state index contributed by atoms with van der Waals surface area (Å²) in [5.41, 5.74) is 2.42.